The molecule has 0 aliphatic carbocycles. The molecule has 1 N–H and O–H groups in total. The molecule has 0 saturated heterocycles. The average Bonchev–Trinajstić information content (AvgIpc) is 2.57. The lowest BCUT2D eigenvalue weighted by Gasteiger charge is -2.17. The van der Waals surface area contributed by atoms with Gasteiger partial charge in [-0.1, -0.05) is 28.7 Å². The Morgan fingerprint density at radius 2 is 2.31 bits per heavy atom. The number of hydrogen-bond acceptors (Lipinski definition) is 2. The fourth-order valence-corrected chi connectivity index (χ4v) is 3.92. The van der Waals surface area contributed by atoms with Crippen LogP contribution in [0.4, 0.5) is 5.69 Å². The van der Waals surface area contributed by atoms with E-state index < -0.39 is 0 Å². The molecule has 1 aromatic carbocycles. The minimum atomic E-state index is 0.353. The van der Waals surface area contributed by atoms with Crippen LogP contribution in [0.15, 0.2) is 24.8 Å². The molecule has 1 atom stereocenters. The number of phenolic OH excluding ortho intramolecular Hbond substituents is 1. The van der Waals surface area contributed by atoms with Gasteiger partial charge in [-0.05, 0) is 34.2 Å². The molecule has 0 saturated carbocycles. The molecule has 1 aromatic rings. The lowest BCUT2D eigenvalue weighted by molar-refractivity contribution is 0.475. The lowest BCUT2D eigenvalue weighted by Crippen LogP contribution is -2.21. The maximum atomic E-state index is 9.66. The Bertz CT molecular complexity index is 420. The van der Waals surface area contributed by atoms with Crippen LogP contribution >= 0.6 is 45.2 Å². The molecule has 0 fully saturated rings. The van der Waals surface area contributed by atoms with E-state index >= 15 is 0 Å². The number of fused-ring (bicyclic) bond motifs is 1. The summed E-state index contributed by atoms with van der Waals surface area (Å²) in [7, 11) is 0. The Hall–Kier alpha value is 0.0200. The van der Waals surface area contributed by atoms with E-state index in [0.717, 1.165) is 17.5 Å². The van der Waals surface area contributed by atoms with Crippen LogP contribution in [0.25, 0.3) is 0 Å². The second-order valence-corrected chi connectivity index (χ2v) is 5.95. The molecular weight excluding hydrogens is 428 g/mol. The van der Waals surface area contributed by atoms with Crippen molar-refractivity contribution in [1.29, 1.82) is 0 Å². The van der Waals surface area contributed by atoms with Crippen LogP contribution in [0, 0.1) is 3.57 Å². The molecule has 0 aromatic heterocycles. The van der Waals surface area contributed by atoms with Crippen molar-refractivity contribution in [3.8, 4) is 5.75 Å². The van der Waals surface area contributed by atoms with Crippen LogP contribution in [0.2, 0.25) is 0 Å². The molecule has 0 spiro atoms. The van der Waals surface area contributed by atoms with E-state index in [-0.39, 0.29) is 0 Å². The van der Waals surface area contributed by atoms with E-state index in [9.17, 15) is 5.11 Å². The van der Waals surface area contributed by atoms with Gasteiger partial charge >= 0.3 is 0 Å². The van der Waals surface area contributed by atoms with E-state index in [0.29, 0.717) is 11.7 Å². The highest BCUT2D eigenvalue weighted by Crippen LogP contribution is 2.42. The number of rotatable bonds is 3. The minimum absolute atomic E-state index is 0.353. The number of alkyl halides is 1. The van der Waals surface area contributed by atoms with Crippen molar-refractivity contribution < 1.29 is 5.11 Å². The maximum Gasteiger partial charge on any atom is 0.118 e. The summed E-state index contributed by atoms with van der Waals surface area (Å²) in [5.74, 6) is 0.925. The topological polar surface area (TPSA) is 23.5 Å². The Kier molecular flexibility index (Phi) is 3.99. The van der Waals surface area contributed by atoms with Crippen molar-refractivity contribution in [2.24, 2.45) is 0 Å². The van der Waals surface area contributed by atoms with Crippen LogP contribution < -0.4 is 4.90 Å². The molecule has 1 unspecified atom stereocenters. The highest BCUT2D eigenvalue weighted by Gasteiger charge is 2.29. The fourth-order valence-electron chi connectivity index (χ4n) is 2.17. The van der Waals surface area contributed by atoms with E-state index in [1.807, 2.05) is 18.2 Å². The van der Waals surface area contributed by atoms with Crippen molar-refractivity contribution in [3.05, 3.63) is 33.9 Å². The molecule has 0 amide bonds. The number of aromatic hydroxyl groups is 1. The number of nitrogens with zero attached hydrogens (tertiary/aromatic N) is 1. The Morgan fingerprint density at radius 3 is 2.94 bits per heavy atom. The van der Waals surface area contributed by atoms with Gasteiger partial charge in [-0.2, -0.15) is 0 Å². The second kappa shape index (κ2) is 5.12. The molecule has 2 nitrogen and oxygen atoms in total. The monoisotopic (exact) mass is 441 g/mol. The zero-order valence-electron chi connectivity index (χ0n) is 8.79. The average molecular weight is 441 g/mol. The first-order valence-corrected chi connectivity index (χ1v) is 7.72. The highest BCUT2D eigenvalue weighted by atomic mass is 127. The second-order valence-electron chi connectivity index (χ2n) is 3.91. The Labute approximate surface area is 123 Å². The predicted octanol–water partition coefficient (Wildman–Crippen LogP) is 3.52. The van der Waals surface area contributed by atoms with Gasteiger partial charge in [0, 0.05) is 38.8 Å². The van der Waals surface area contributed by atoms with Crippen molar-refractivity contribution >= 4 is 50.9 Å². The van der Waals surface area contributed by atoms with Gasteiger partial charge in [0.2, 0.25) is 0 Å². The maximum absolute atomic E-state index is 9.66. The summed E-state index contributed by atoms with van der Waals surface area (Å²) in [6.45, 7) is 5.66. The van der Waals surface area contributed by atoms with Gasteiger partial charge in [-0.15, -0.1) is 6.58 Å². The standard InChI is InChI=1S/C12H13I2NO/c1-2-3-15-7-8(6-13)12-10(14)4-9(16)5-11(12)15/h2,4-5,8,16H,1,3,6-7H2. The summed E-state index contributed by atoms with van der Waals surface area (Å²) in [5, 5.41) is 9.66. The normalized spacial score (nSPS) is 18.6. The third-order valence-corrected chi connectivity index (χ3v) is 4.77. The zero-order chi connectivity index (χ0) is 11.7. The van der Waals surface area contributed by atoms with E-state index in [4.69, 9.17) is 0 Å². The summed E-state index contributed by atoms with van der Waals surface area (Å²) >= 11 is 4.74. The first kappa shape index (κ1) is 12.5. The number of anilines is 1. The lowest BCUT2D eigenvalue weighted by atomic mass is 10.0. The van der Waals surface area contributed by atoms with Crippen molar-refractivity contribution in [2.45, 2.75) is 5.92 Å². The summed E-state index contributed by atoms with van der Waals surface area (Å²) in [4.78, 5) is 2.29. The van der Waals surface area contributed by atoms with Crippen LogP contribution in [0.3, 0.4) is 0 Å². The quantitative estimate of drug-likeness (QED) is 0.441. The van der Waals surface area contributed by atoms with Crippen LogP contribution in [0.5, 0.6) is 5.75 Å². The number of phenols is 1. The smallest absolute Gasteiger partial charge is 0.118 e. The van der Waals surface area contributed by atoms with E-state index in [1.165, 1.54) is 14.8 Å². The minimum Gasteiger partial charge on any atom is -0.508 e. The highest BCUT2D eigenvalue weighted by molar-refractivity contribution is 14.1. The zero-order valence-corrected chi connectivity index (χ0v) is 13.1. The van der Waals surface area contributed by atoms with Gasteiger partial charge in [0.05, 0.1) is 0 Å². The third-order valence-electron chi connectivity index (χ3n) is 2.82. The summed E-state index contributed by atoms with van der Waals surface area (Å²) in [6, 6.07) is 3.71. The van der Waals surface area contributed by atoms with Crippen molar-refractivity contribution in [1.82, 2.24) is 0 Å². The van der Waals surface area contributed by atoms with Gasteiger partial charge in [0.25, 0.3) is 0 Å². The molecule has 1 heterocycles. The first-order chi connectivity index (χ1) is 7.67. The van der Waals surface area contributed by atoms with Gasteiger partial charge < -0.3 is 10.0 Å². The van der Waals surface area contributed by atoms with Crippen molar-refractivity contribution in [3.63, 3.8) is 0 Å². The predicted molar refractivity (Wildman–Crippen MR) is 84.9 cm³/mol. The molecule has 86 valence electrons. The number of hydrogen-bond donors (Lipinski definition) is 1. The molecule has 0 bridgehead atoms. The molecule has 4 heteroatoms. The summed E-state index contributed by atoms with van der Waals surface area (Å²) < 4.78 is 2.28. The third kappa shape index (κ3) is 2.18. The first-order valence-electron chi connectivity index (χ1n) is 5.11. The van der Waals surface area contributed by atoms with Crippen molar-refractivity contribution in [2.75, 3.05) is 22.4 Å². The summed E-state index contributed by atoms with van der Waals surface area (Å²) in [6.07, 6.45) is 1.91. The van der Waals surface area contributed by atoms with Gasteiger partial charge in [-0.25, -0.2) is 0 Å². The van der Waals surface area contributed by atoms with Crippen LogP contribution in [-0.4, -0.2) is 22.6 Å². The van der Waals surface area contributed by atoms with Gasteiger partial charge in [0.15, 0.2) is 0 Å². The molecule has 0 radical (unpaired) electrons. The Morgan fingerprint density at radius 1 is 1.56 bits per heavy atom. The van der Waals surface area contributed by atoms with Gasteiger partial charge in [-0.3, -0.25) is 0 Å². The van der Waals surface area contributed by atoms with Gasteiger partial charge in [0.1, 0.15) is 5.75 Å². The van der Waals surface area contributed by atoms with Crippen LogP contribution in [-0.2, 0) is 0 Å². The largest absolute Gasteiger partial charge is 0.508 e. The molecule has 1 aliphatic heterocycles. The SMILES string of the molecule is C=CCN1CC(CI)c2c(I)cc(O)cc21. The molecular formula is C12H13I2NO. The number of benzene rings is 1. The fraction of sp³-hybridized carbons (Fsp3) is 0.333. The van der Waals surface area contributed by atoms with E-state index in [1.54, 1.807) is 0 Å². The van der Waals surface area contributed by atoms with E-state index in [2.05, 4.69) is 56.7 Å². The molecule has 16 heavy (non-hydrogen) atoms. The molecule has 1 aliphatic rings. The Balaban J connectivity index is 2.48. The molecule has 2 rings (SSSR count). The summed E-state index contributed by atoms with van der Waals surface area (Å²) in [5.41, 5.74) is 2.56. The van der Waals surface area contributed by atoms with Crippen LogP contribution in [0.1, 0.15) is 11.5 Å². The number of halogens is 2.